The molecule has 3 rings (SSSR count). The third kappa shape index (κ3) is 4.50. The Morgan fingerprint density at radius 2 is 2.15 bits per heavy atom. The summed E-state index contributed by atoms with van der Waals surface area (Å²) in [6.45, 7) is 1.10. The summed E-state index contributed by atoms with van der Waals surface area (Å²) in [5, 5.41) is 10.3. The van der Waals surface area contributed by atoms with Gasteiger partial charge in [-0.05, 0) is 12.1 Å². The van der Waals surface area contributed by atoms with E-state index in [1.807, 2.05) is 34.8 Å². The number of hydrogen-bond donors (Lipinski definition) is 1. The maximum atomic E-state index is 10.5. The SMILES string of the molecule is CN(CCOCCC(=O)O)c1cc(-n2ccnc2)c2ccc(Cl)c(Cl)c2n1. The van der Waals surface area contributed by atoms with Gasteiger partial charge < -0.3 is 19.3 Å². The molecule has 2 heterocycles. The zero-order chi connectivity index (χ0) is 19.4. The van der Waals surface area contributed by atoms with Gasteiger partial charge in [0.25, 0.3) is 0 Å². The Hall–Kier alpha value is -2.35. The third-order valence-electron chi connectivity index (χ3n) is 4.04. The van der Waals surface area contributed by atoms with E-state index in [2.05, 4.69) is 9.97 Å². The number of rotatable bonds is 8. The fourth-order valence-electron chi connectivity index (χ4n) is 2.59. The predicted molar refractivity (Wildman–Crippen MR) is 105 cm³/mol. The van der Waals surface area contributed by atoms with Crippen molar-refractivity contribution in [3.05, 3.63) is 47.0 Å². The van der Waals surface area contributed by atoms with Gasteiger partial charge >= 0.3 is 5.97 Å². The molecule has 3 aromatic rings. The number of likely N-dealkylation sites (N-methyl/N-ethyl adjacent to an activating group) is 1. The standard InChI is InChI=1S/C18H18Cl2N4O3/c1-23(7-9-27-8-4-16(25)26)15-10-14(24-6-5-21-11-24)12-2-3-13(19)17(20)18(12)22-15/h2-3,5-6,10-11H,4,7-9H2,1H3,(H,25,26). The van der Waals surface area contributed by atoms with Crippen molar-refractivity contribution < 1.29 is 14.6 Å². The van der Waals surface area contributed by atoms with Crippen molar-refractivity contribution in [1.29, 1.82) is 0 Å². The van der Waals surface area contributed by atoms with Gasteiger partial charge in [0.05, 0.1) is 47.2 Å². The van der Waals surface area contributed by atoms with Gasteiger partial charge in [0.15, 0.2) is 0 Å². The monoisotopic (exact) mass is 408 g/mol. The second-order valence-corrected chi connectivity index (χ2v) is 6.69. The normalized spacial score (nSPS) is 11.1. The van der Waals surface area contributed by atoms with Gasteiger partial charge in [-0.3, -0.25) is 4.79 Å². The van der Waals surface area contributed by atoms with Crippen molar-refractivity contribution in [2.24, 2.45) is 0 Å². The van der Waals surface area contributed by atoms with Crippen molar-refractivity contribution in [3.63, 3.8) is 0 Å². The van der Waals surface area contributed by atoms with Gasteiger partial charge in [-0.15, -0.1) is 0 Å². The fourth-order valence-corrected chi connectivity index (χ4v) is 2.95. The van der Waals surface area contributed by atoms with Crippen LogP contribution < -0.4 is 4.90 Å². The number of aliphatic carboxylic acids is 1. The Balaban J connectivity index is 1.89. The number of imidazole rings is 1. The van der Waals surface area contributed by atoms with Crippen LogP contribution in [-0.4, -0.2) is 52.4 Å². The molecule has 0 amide bonds. The number of hydrogen-bond acceptors (Lipinski definition) is 5. The molecule has 0 unspecified atom stereocenters. The molecule has 7 nitrogen and oxygen atoms in total. The fraction of sp³-hybridized carbons (Fsp3) is 0.278. The van der Waals surface area contributed by atoms with Crippen LogP contribution in [0.15, 0.2) is 36.9 Å². The molecule has 0 fully saturated rings. The first-order valence-electron chi connectivity index (χ1n) is 8.25. The summed E-state index contributed by atoms with van der Waals surface area (Å²) >= 11 is 12.6. The van der Waals surface area contributed by atoms with E-state index >= 15 is 0 Å². The van der Waals surface area contributed by atoms with E-state index < -0.39 is 5.97 Å². The minimum absolute atomic E-state index is 0.0170. The van der Waals surface area contributed by atoms with E-state index in [1.165, 1.54) is 0 Å². The number of anilines is 1. The van der Waals surface area contributed by atoms with E-state index in [-0.39, 0.29) is 13.0 Å². The summed E-state index contributed by atoms with van der Waals surface area (Å²) in [6, 6.07) is 5.56. The summed E-state index contributed by atoms with van der Waals surface area (Å²) in [7, 11) is 1.88. The van der Waals surface area contributed by atoms with Crippen LogP contribution in [0.2, 0.25) is 10.0 Å². The highest BCUT2D eigenvalue weighted by Gasteiger charge is 2.14. The number of carbonyl (C=O) groups is 1. The summed E-state index contributed by atoms with van der Waals surface area (Å²) in [5.41, 5.74) is 1.48. The number of carboxylic acids is 1. The molecule has 0 radical (unpaired) electrons. The molecule has 27 heavy (non-hydrogen) atoms. The van der Waals surface area contributed by atoms with Crippen molar-refractivity contribution in [2.75, 3.05) is 31.7 Å². The van der Waals surface area contributed by atoms with Gasteiger partial charge in [-0.1, -0.05) is 23.2 Å². The van der Waals surface area contributed by atoms with Crippen LogP contribution in [0.1, 0.15) is 6.42 Å². The van der Waals surface area contributed by atoms with E-state index in [0.717, 1.165) is 11.1 Å². The summed E-state index contributed by atoms with van der Waals surface area (Å²) in [4.78, 5) is 21.2. The Morgan fingerprint density at radius 1 is 1.33 bits per heavy atom. The summed E-state index contributed by atoms with van der Waals surface area (Å²) in [5.74, 6) is -0.187. The minimum atomic E-state index is -0.879. The van der Waals surface area contributed by atoms with Gasteiger partial charge in [-0.25, -0.2) is 9.97 Å². The number of halogens is 2. The van der Waals surface area contributed by atoms with Gasteiger partial charge in [0.1, 0.15) is 5.82 Å². The van der Waals surface area contributed by atoms with Gasteiger partial charge in [0.2, 0.25) is 0 Å². The summed E-state index contributed by atoms with van der Waals surface area (Å²) in [6.07, 6.45) is 5.23. The second-order valence-electron chi connectivity index (χ2n) is 5.90. The first kappa shape index (κ1) is 19.4. The zero-order valence-electron chi connectivity index (χ0n) is 14.6. The smallest absolute Gasteiger partial charge is 0.305 e. The van der Waals surface area contributed by atoms with Crippen molar-refractivity contribution in [1.82, 2.24) is 14.5 Å². The average Bonchev–Trinajstić information content (AvgIpc) is 3.18. The molecular formula is C18H18Cl2N4O3. The maximum absolute atomic E-state index is 10.5. The molecule has 0 atom stereocenters. The van der Waals surface area contributed by atoms with Gasteiger partial charge in [-0.2, -0.15) is 0 Å². The van der Waals surface area contributed by atoms with Crippen LogP contribution in [0.25, 0.3) is 16.6 Å². The molecule has 1 N–H and O–H groups in total. The van der Waals surface area contributed by atoms with Crippen LogP contribution in [0.5, 0.6) is 0 Å². The molecule has 0 saturated heterocycles. The Kier molecular flexibility index (Phi) is 6.15. The van der Waals surface area contributed by atoms with Crippen LogP contribution in [-0.2, 0) is 9.53 Å². The van der Waals surface area contributed by atoms with E-state index in [1.54, 1.807) is 18.6 Å². The predicted octanol–water partition coefficient (Wildman–Crippen LogP) is 3.65. The van der Waals surface area contributed by atoms with Crippen molar-refractivity contribution in [2.45, 2.75) is 6.42 Å². The van der Waals surface area contributed by atoms with Crippen molar-refractivity contribution in [3.8, 4) is 5.69 Å². The number of fused-ring (bicyclic) bond motifs is 1. The number of ether oxygens (including phenoxy) is 1. The second kappa shape index (κ2) is 8.56. The Bertz CT molecular complexity index is 947. The van der Waals surface area contributed by atoms with Crippen molar-refractivity contribution >= 4 is 45.9 Å². The number of aromatic nitrogens is 3. The summed E-state index contributed by atoms with van der Waals surface area (Å²) < 4.78 is 7.24. The lowest BCUT2D eigenvalue weighted by Gasteiger charge is -2.20. The minimum Gasteiger partial charge on any atom is -0.481 e. The quantitative estimate of drug-likeness (QED) is 0.572. The molecular weight excluding hydrogens is 391 g/mol. The highest BCUT2D eigenvalue weighted by atomic mass is 35.5. The first-order valence-corrected chi connectivity index (χ1v) is 9.00. The van der Waals surface area contributed by atoms with Crippen LogP contribution in [0, 0.1) is 0 Å². The lowest BCUT2D eigenvalue weighted by atomic mass is 10.1. The molecule has 142 valence electrons. The first-order chi connectivity index (χ1) is 13.0. The topological polar surface area (TPSA) is 80.5 Å². The number of nitrogens with zero attached hydrogens (tertiary/aromatic N) is 4. The molecule has 0 bridgehead atoms. The molecule has 9 heteroatoms. The van der Waals surface area contributed by atoms with Crippen LogP contribution >= 0.6 is 23.2 Å². The van der Waals surface area contributed by atoms with Crippen LogP contribution in [0.3, 0.4) is 0 Å². The number of carboxylic acid groups (broad SMARTS) is 1. The molecule has 1 aromatic carbocycles. The number of pyridine rings is 1. The van der Waals surface area contributed by atoms with E-state index in [9.17, 15) is 4.79 Å². The molecule has 0 aliphatic heterocycles. The molecule has 2 aromatic heterocycles. The van der Waals surface area contributed by atoms with E-state index in [0.29, 0.717) is 34.5 Å². The lowest BCUT2D eigenvalue weighted by molar-refractivity contribution is -0.138. The molecule has 0 aliphatic rings. The average molecular weight is 409 g/mol. The molecule has 0 spiro atoms. The Morgan fingerprint density at radius 3 is 2.85 bits per heavy atom. The lowest BCUT2D eigenvalue weighted by Crippen LogP contribution is -2.24. The largest absolute Gasteiger partial charge is 0.481 e. The maximum Gasteiger partial charge on any atom is 0.305 e. The van der Waals surface area contributed by atoms with E-state index in [4.69, 9.17) is 33.0 Å². The van der Waals surface area contributed by atoms with Crippen LogP contribution in [0.4, 0.5) is 5.82 Å². The third-order valence-corrected chi connectivity index (χ3v) is 4.84. The molecule has 0 saturated carbocycles. The highest BCUT2D eigenvalue weighted by molar-refractivity contribution is 6.45. The van der Waals surface area contributed by atoms with Gasteiger partial charge in [0, 0.05) is 37.4 Å². The number of benzene rings is 1. The Labute approximate surface area is 166 Å². The highest BCUT2D eigenvalue weighted by Crippen LogP contribution is 2.34. The zero-order valence-corrected chi connectivity index (χ0v) is 16.1. The molecule has 0 aliphatic carbocycles.